The molecular formula is C32H31F2N9O3. The molecular weight excluding hydrogens is 596 g/mol. The van der Waals surface area contributed by atoms with Gasteiger partial charge < -0.3 is 25.7 Å². The van der Waals surface area contributed by atoms with E-state index in [0.29, 0.717) is 28.6 Å². The fraction of sp³-hybridized carbons (Fsp3) is 0.281. The quantitative estimate of drug-likeness (QED) is 0.172. The highest BCUT2D eigenvalue weighted by atomic mass is 19.1. The van der Waals surface area contributed by atoms with Crippen molar-refractivity contribution in [3.8, 4) is 11.4 Å². The molecule has 0 bridgehead atoms. The van der Waals surface area contributed by atoms with Gasteiger partial charge in [-0.15, -0.1) is 0 Å². The van der Waals surface area contributed by atoms with E-state index in [4.69, 9.17) is 4.74 Å². The molecule has 1 aliphatic carbocycles. The molecule has 5 heterocycles. The predicted octanol–water partition coefficient (Wildman–Crippen LogP) is 5.23. The number of aromatic nitrogens is 6. The summed E-state index contributed by atoms with van der Waals surface area (Å²) < 4.78 is 33.9. The summed E-state index contributed by atoms with van der Waals surface area (Å²) in [7, 11) is 0. The summed E-state index contributed by atoms with van der Waals surface area (Å²) >= 11 is 0. The summed E-state index contributed by atoms with van der Waals surface area (Å²) in [6, 6.07) is 7.57. The number of amides is 2. The lowest BCUT2D eigenvalue weighted by Crippen LogP contribution is -2.42. The number of H-pyrrole nitrogens is 1. The zero-order valence-electron chi connectivity index (χ0n) is 24.8. The summed E-state index contributed by atoms with van der Waals surface area (Å²) in [5.41, 5.74) is 2.61. The Morgan fingerprint density at radius 3 is 2.78 bits per heavy atom. The summed E-state index contributed by atoms with van der Waals surface area (Å²) in [6.45, 7) is 1.78. The number of carbonyl (C=O) groups is 2. The highest BCUT2D eigenvalue weighted by Gasteiger charge is 2.26. The SMILES string of the molecule is CC(NC(=O)OCc1ccnc(C(=O)N[C@H]2CCC[C@@H](Nc3nc(-c4c[nH]c5ncc(F)cc45)ncc3F)C2)c1)c1cccnc1. The number of anilines is 1. The number of ether oxygens (including phenoxy) is 1. The molecule has 1 fully saturated rings. The smallest absolute Gasteiger partial charge is 0.407 e. The minimum atomic E-state index is -0.623. The minimum absolute atomic E-state index is 0.0222. The fourth-order valence-corrected chi connectivity index (χ4v) is 5.44. The molecule has 14 heteroatoms. The molecule has 3 atom stereocenters. The second-order valence-electron chi connectivity index (χ2n) is 11.1. The Labute approximate surface area is 262 Å². The zero-order chi connectivity index (χ0) is 32.0. The Morgan fingerprint density at radius 2 is 1.93 bits per heavy atom. The van der Waals surface area contributed by atoms with E-state index in [2.05, 4.69) is 45.9 Å². The molecule has 5 aromatic rings. The molecule has 12 nitrogen and oxygen atoms in total. The van der Waals surface area contributed by atoms with E-state index in [1.54, 1.807) is 36.8 Å². The molecule has 0 saturated heterocycles. The molecule has 2 amide bonds. The van der Waals surface area contributed by atoms with Crippen LogP contribution in [0, 0.1) is 11.6 Å². The van der Waals surface area contributed by atoms with Crippen molar-refractivity contribution in [2.45, 2.75) is 57.3 Å². The highest BCUT2D eigenvalue weighted by Crippen LogP contribution is 2.28. The van der Waals surface area contributed by atoms with Gasteiger partial charge in [-0.2, -0.15) is 0 Å². The Bertz CT molecular complexity index is 1850. The van der Waals surface area contributed by atoms with Crippen molar-refractivity contribution >= 4 is 28.9 Å². The molecule has 1 unspecified atom stereocenters. The molecule has 0 radical (unpaired) electrons. The van der Waals surface area contributed by atoms with Crippen molar-refractivity contribution in [1.29, 1.82) is 0 Å². The van der Waals surface area contributed by atoms with Crippen molar-refractivity contribution < 1.29 is 23.1 Å². The van der Waals surface area contributed by atoms with Gasteiger partial charge in [0.25, 0.3) is 5.91 Å². The molecule has 236 valence electrons. The van der Waals surface area contributed by atoms with Crippen LogP contribution in [-0.2, 0) is 11.3 Å². The monoisotopic (exact) mass is 627 g/mol. The topological polar surface area (TPSA) is 160 Å². The summed E-state index contributed by atoms with van der Waals surface area (Å²) in [5, 5.41) is 9.42. The fourth-order valence-electron chi connectivity index (χ4n) is 5.44. The van der Waals surface area contributed by atoms with Crippen molar-refractivity contribution in [3.05, 3.63) is 96.0 Å². The number of pyridine rings is 3. The molecule has 6 rings (SSSR count). The molecule has 5 aromatic heterocycles. The van der Waals surface area contributed by atoms with Crippen LogP contribution in [0.5, 0.6) is 0 Å². The lowest BCUT2D eigenvalue weighted by Gasteiger charge is -2.30. The molecule has 1 aliphatic rings. The molecule has 4 N–H and O–H groups in total. The Morgan fingerprint density at radius 1 is 1.07 bits per heavy atom. The molecule has 1 saturated carbocycles. The minimum Gasteiger partial charge on any atom is -0.445 e. The first kappa shape index (κ1) is 30.5. The van der Waals surface area contributed by atoms with Gasteiger partial charge in [-0.3, -0.25) is 14.8 Å². The zero-order valence-corrected chi connectivity index (χ0v) is 24.8. The second kappa shape index (κ2) is 13.6. The van der Waals surface area contributed by atoms with E-state index >= 15 is 0 Å². The van der Waals surface area contributed by atoms with Crippen LogP contribution in [0.4, 0.5) is 19.4 Å². The van der Waals surface area contributed by atoms with Gasteiger partial charge in [0.05, 0.1) is 18.4 Å². The average Bonchev–Trinajstić information content (AvgIpc) is 3.48. The van der Waals surface area contributed by atoms with E-state index in [9.17, 15) is 18.4 Å². The maximum Gasteiger partial charge on any atom is 0.407 e. The number of carbonyl (C=O) groups excluding carboxylic acids is 2. The molecule has 0 aliphatic heterocycles. The first-order valence-corrected chi connectivity index (χ1v) is 14.8. The summed E-state index contributed by atoms with van der Waals surface area (Å²) in [4.78, 5) is 49.1. The van der Waals surface area contributed by atoms with E-state index in [0.717, 1.165) is 37.2 Å². The van der Waals surface area contributed by atoms with Gasteiger partial charge in [0.15, 0.2) is 17.5 Å². The van der Waals surface area contributed by atoms with Crippen molar-refractivity contribution in [2.24, 2.45) is 0 Å². The maximum atomic E-state index is 14.8. The Hall–Kier alpha value is -5.53. The van der Waals surface area contributed by atoms with Gasteiger partial charge in [-0.1, -0.05) is 6.07 Å². The van der Waals surface area contributed by atoms with E-state index < -0.39 is 17.7 Å². The van der Waals surface area contributed by atoms with Gasteiger partial charge in [-0.25, -0.2) is 28.5 Å². The van der Waals surface area contributed by atoms with Crippen LogP contribution in [0.2, 0.25) is 0 Å². The number of fused-ring (bicyclic) bond motifs is 1. The molecule has 46 heavy (non-hydrogen) atoms. The first-order valence-electron chi connectivity index (χ1n) is 14.8. The Balaban J connectivity index is 1.04. The van der Waals surface area contributed by atoms with Gasteiger partial charge in [0, 0.05) is 47.8 Å². The Kier molecular flexibility index (Phi) is 9.03. The lowest BCUT2D eigenvalue weighted by molar-refractivity contribution is 0.0921. The number of nitrogens with one attached hydrogen (secondary N) is 4. The van der Waals surface area contributed by atoms with Gasteiger partial charge >= 0.3 is 6.09 Å². The summed E-state index contributed by atoms with van der Waals surface area (Å²) in [6.07, 6.45) is 10.8. The number of hydrogen-bond acceptors (Lipinski definition) is 9. The lowest BCUT2D eigenvalue weighted by atomic mass is 9.91. The first-order chi connectivity index (χ1) is 22.3. The van der Waals surface area contributed by atoms with Crippen LogP contribution >= 0.6 is 0 Å². The van der Waals surface area contributed by atoms with Crippen LogP contribution in [0.15, 0.2) is 67.5 Å². The maximum absolute atomic E-state index is 14.8. The van der Waals surface area contributed by atoms with Crippen molar-refractivity contribution in [3.63, 3.8) is 0 Å². The van der Waals surface area contributed by atoms with Crippen LogP contribution < -0.4 is 16.0 Å². The number of aromatic amines is 1. The van der Waals surface area contributed by atoms with Gasteiger partial charge in [0.2, 0.25) is 0 Å². The second-order valence-corrected chi connectivity index (χ2v) is 11.1. The van der Waals surface area contributed by atoms with Gasteiger partial charge in [-0.05, 0) is 68.0 Å². The molecule has 0 aromatic carbocycles. The number of nitrogens with zero attached hydrogens (tertiary/aromatic N) is 5. The highest BCUT2D eigenvalue weighted by molar-refractivity contribution is 5.93. The van der Waals surface area contributed by atoms with Crippen molar-refractivity contribution in [1.82, 2.24) is 40.5 Å². The number of alkyl carbamates (subject to hydrolysis) is 1. The third-order valence-electron chi connectivity index (χ3n) is 7.78. The third-order valence-corrected chi connectivity index (χ3v) is 7.78. The van der Waals surface area contributed by atoms with Crippen LogP contribution in [0.1, 0.15) is 60.3 Å². The number of hydrogen-bond donors (Lipinski definition) is 4. The predicted molar refractivity (Wildman–Crippen MR) is 164 cm³/mol. The van der Waals surface area contributed by atoms with E-state index in [-0.39, 0.29) is 48.0 Å². The van der Waals surface area contributed by atoms with Crippen LogP contribution in [0.3, 0.4) is 0 Å². The molecule has 0 spiro atoms. The largest absolute Gasteiger partial charge is 0.445 e. The van der Waals surface area contributed by atoms with Crippen LogP contribution in [0.25, 0.3) is 22.4 Å². The van der Waals surface area contributed by atoms with Gasteiger partial charge in [0.1, 0.15) is 23.8 Å². The number of halogens is 2. The average molecular weight is 628 g/mol. The van der Waals surface area contributed by atoms with E-state index in [1.807, 2.05) is 13.0 Å². The normalized spacial score (nSPS) is 16.8. The van der Waals surface area contributed by atoms with Crippen LogP contribution in [-0.4, -0.2) is 54.0 Å². The van der Waals surface area contributed by atoms with E-state index in [1.165, 1.54) is 12.3 Å². The number of rotatable bonds is 9. The standard InChI is InChI=1S/C32H31F2N9O3/c1-18(20-4-3-8-35-13-20)40-32(45)46-17-19-7-9-36-27(10-19)31(44)42-23-6-2-5-22(12-23)41-30-26(34)16-39-29(43-30)25-15-38-28-24(25)11-21(33)14-37-28/h3-4,7-11,13-16,18,22-23H,2,5-6,12,17H2,1H3,(H,37,38)(H,40,45)(H,42,44)(H,39,41,43)/t18?,22-,23+/m1/s1. The third kappa shape index (κ3) is 7.22. The van der Waals surface area contributed by atoms with Crippen molar-refractivity contribution in [2.75, 3.05) is 5.32 Å². The summed E-state index contributed by atoms with van der Waals surface area (Å²) in [5.74, 6) is -1.25.